The zero-order valence-electron chi connectivity index (χ0n) is 16.2. The first-order valence-electron chi connectivity index (χ1n) is 8.55. The summed E-state index contributed by atoms with van der Waals surface area (Å²) in [6, 6.07) is 10.5. The molecule has 0 nitrogen and oxygen atoms in total. The highest BCUT2D eigenvalue weighted by atomic mass is 35.5. The standard InChI is InChI=1S/C11H16.C8H9Cl.C3H8/c1-5-11-7-8(2)6-9(3)10(11)4;1-6-3-7(2)5-8(9)4-6;1-3-2/h6-7H,5H2,1-4H3;3-5H,1-2H3;3H2,1-2H3. The van der Waals surface area contributed by atoms with Gasteiger partial charge in [0.25, 0.3) is 0 Å². The molecule has 0 amide bonds. The highest BCUT2D eigenvalue weighted by Gasteiger charge is 1.99. The lowest BCUT2D eigenvalue weighted by atomic mass is 9.99. The molecule has 0 heterocycles. The molecule has 0 aliphatic heterocycles. The number of halogens is 1. The lowest BCUT2D eigenvalue weighted by molar-refractivity contribution is 1.08. The van der Waals surface area contributed by atoms with Crippen LogP contribution in [0.3, 0.4) is 0 Å². The molecule has 23 heavy (non-hydrogen) atoms. The van der Waals surface area contributed by atoms with Gasteiger partial charge in [0.2, 0.25) is 0 Å². The van der Waals surface area contributed by atoms with E-state index in [0.29, 0.717) is 0 Å². The van der Waals surface area contributed by atoms with Crippen molar-refractivity contribution in [2.24, 2.45) is 0 Å². The Morgan fingerprint density at radius 2 is 1.13 bits per heavy atom. The van der Waals surface area contributed by atoms with Crippen LogP contribution in [0.4, 0.5) is 0 Å². The van der Waals surface area contributed by atoms with Crippen LogP contribution in [0.2, 0.25) is 5.02 Å². The third-order valence-corrected chi connectivity index (χ3v) is 3.70. The predicted molar refractivity (Wildman–Crippen MR) is 107 cm³/mol. The van der Waals surface area contributed by atoms with Gasteiger partial charge in [0.05, 0.1) is 0 Å². The lowest BCUT2D eigenvalue weighted by Gasteiger charge is -2.07. The van der Waals surface area contributed by atoms with E-state index < -0.39 is 0 Å². The van der Waals surface area contributed by atoms with E-state index >= 15 is 0 Å². The topological polar surface area (TPSA) is 0 Å². The van der Waals surface area contributed by atoms with Crippen molar-refractivity contribution in [1.82, 2.24) is 0 Å². The minimum absolute atomic E-state index is 0.826. The Bertz CT molecular complexity index is 547. The summed E-state index contributed by atoms with van der Waals surface area (Å²) in [5, 5.41) is 0.826. The zero-order valence-corrected chi connectivity index (χ0v) is 16.9. The van der Waals surface area contributed by atoms with Crippen LogP contribution in [0.15, 0.2) is 30.3 Å². The van der Waals surface area contributed by atoms with Gasteiger partial charge in [-0.2, -0.15) is 0 Å². The van der Waals surface area contributed by atoms with Crippen molar-refractivity contribution in [3.05, 3.63) is 68.7 Å². The second-order valence-electron chi connectivity index (χ2n) is 6.23. The Hall–Kier alpha value is -1.27. The molecule has 0 aromatic heterocycles. The second kappa shape index (κ2) is 11.3. The molecule has 0 radical (unpaired) electrons. The molecule has 0 aliphatic carbocycles. The molecule has 0 atom stereocenters. The average molecular weight is 333 g/mol. The zero-order chi connectivity index (χ0) is 18.0. The van der Waals surface area contributed by atoms with E-state index in [1.807, 2.05) is 26.0 Å². The lowest BCUT2D eigenvalue weighted by Crippen LogP contribution is -1.91. The Balaban J connectivity index is 0.000000365. The highest BCUT2D eigenvalue weighted by Crippen LogP contribution is 2.16. The summed E-state index contributed by atoms with van der Waals surface area (Å²) in [6.45, 7) is 17.1. The van der Waals surface area contributed by atoms with Crippen molar-refractivity contribution in [3.8, 4) is 0 Å². The van der Waals surface area contributed by atoms with Crippen LogP contribution in [0, 0.1) is 34.6 Å². The fraction of sp³-hybridized carbons (Fsp3) is 0.455. The molecule has 0 bridgehead atoms. The number of hydrogen-bond acceptors (Lipinski definition) is 0. The molecular weight excluding hydrogens is 300 g/mol. The third-order valence-electron chi connectivity index (χ3n) is 3.49. The molecule has 0 N–H and O–H groups in total. The van der Waals surface area contributed by atoms with Gasteiger partial charge in [-0.1, -0.05) is 62.6 Å². The number of aryl methyl sites for hydroxylation is 5. The van der Waals surface area contributed by atoms with E-state index in [-0.39, 0.29) is 0 Å². The quantitative estimate of drug-likeness (QED) is 0.505. The third kappa shape index (κ3) is 8.81. The highest BCUT2D eigenvalue weighted by molar-refractivity contribution is 6.30. The summed E-state index contributed by atoms with van der Waals surface area (Å²) in [5.74, 6) is 0. The van der Waals surface area contributed by atoms with Crippen LogP contribution in [0.1, 0.15) is 60.6 Å². The van der Waals surface area contributed by atoms with Crippen LogP contribution in [0.5, 0.6) is 0 Å². The number of benzene rings is 2. The molecule has 2 aromatic carbocycles. The average Bonchev–Trinajstić information content (AvgIpc) is 2.42. The van der Waals surface area contributed by atoms with E-state index in [2.05, 4.69) is 59.7 Å². The maximum Gasteiger partial charge on any atom is 0.0411 e. The number of rotatable bonds is 1. The van der Waals surface area contributed by atoms with Crippen molar-refractivity contribution < 1.29 is 0 Å². The maximum absolute atomic E-state index is 5.75. The van der Waals surface area contributed by atoms with Crippen LogP contribution < -0.4 is 0 Å². The summed E-state index contributed by atoms with van der Waals surface area (Å²) < 4.78 is 0. The van der Waals surface area contributed by atoms with Crippen LogP contribution in [-0.2, 0) is 6.42 Å². The maximum atomic E-state index is 5.75. The first-order chi connectivity index (χ1) is 10.7. The van der Waals surface area contributed by atoms with Crippen molar-refractivity contribution in [1.29, 1.82) is 0 Å². The molecular formula is C22H33Cl. The first kappa shape index (κ1) is 21.7. The van der Waals surface area contributed by atoms with Gasteiger partial charge < -0.3 is 0 Å². The SMILES string of the molecule is CCC.CCc1cc(C)cc(C)c1C.Cc1cc(C)cc(Cl)c1. The van der Waals surface area contributed by atoms with E-state index in [4.69, 9.17) is 11.6 Å². The van der Waals surface area contributed by atoms with Gasteiger partial charge >= 0.3 is 0 Å². The van der Waals surface area contributed by atoms with Crippen LogP contribution >= 0.6 is 11.6 Å². The monoisotopic (exact) mass is 332 g/mol. The van der Waals surface area contributed by atoms with E-state index in [1.165, 1.54) is 39.8 Å². The van der Waals surface area contributed by atoms with E-state index in [1.54, 1.807) is 0 Å². The normalized spacial score (nSPS) is 9.43. The Morgan fingerprint density at radius 1 is 0.696 bits per heavy atom. The Kier molecular flexibility index (Phi) is 10.7. The van der Waals surface area contributed by atoms with Gasteiger partial charge in [0.15, 0.2) is 0 Å². The molecule has 0 unspecified atom stereocenters. The van der Waals surface area contributed by atoms with E-state index in [0.717, 1.165) is 11.4 Å². The van der Waals surface area contributed by atoms with Gasteiger partial charge in [-0.05, 0) is 81.0 Å². The smallest absolute Gasteiger partial charge is 0.0411 e. The van der Waals surface area contributed by atoms with Crippen LogP contribution in [-0.4, -0.2) is 0 Å². The fourth-order valence-electron chi connectivity index (χ4n) is 2.41. The molecule has 0 saturated heterocycles. The first-order valence-corrected chi connectivity index (χ1v) is 8.93. The minimum Gasteiger partial charge on any atom is -0.0843 e. The van der Waals surface area contributed by atoms with Gasteiger partial charge in [0.1, 0.15) is 0 Å². The molecule has 128 valence electrons. The van der Waals surface area contributed by atoms with Crippen molar-refractivity contribution in [2.75, 3.05) is 0 Å². The summed E-state index contributed by atoms with van der Waals surface area (Å²) in [6.07, 6.45) is 2.40. The molecule has 0 spiro atoms. The molecule has 0 saturated carbocycles. The largest absolute Gasteiger partial charge is 0.0843 e. The fourth-order valence-corrected chi connectivity index (χ4v) is 2.76. The molecule has 2 aromatic rings. The van der Waals surface area contributed by atoms with Gasteiger partial charge in [-0.3, -0.25) is 0 Å². The second-order valence-corrected chi connectivity index (χ2v) is 6.67. The predicted octanol–water partition coefficient (Wildman–Crippen LogP) is 7.55. The van der Waals surface area contributed by atoms with Crippen LogP contribution in [0.25, 0.3) is 0 Å². The summed E-state index contributed by atoms with van der Waals surface area (Å²) in [4.78, 5) is 0. The summed E-state index contributed by atoms with van der Waals surface area (Å²) >= 11 is 5.75. The van der Waals surface area contributed by atoms with E-state index in [9.17, 15) is 0 Å². The van der Waals surface area contributed by atoms with Crippen molar-refractivity contribution in [3.63, 3.8) is 0 Å². The summed E-state index contributed by atoms with van der Waals surface area (Å²) in [7, 11) is 0. The molecule has 0 aliphatic rings. The molecule has 1 heteroatoms. The van der Waals surface area contributed by atoms with Crippen molar-refractivity contribution >= 4 is 11.6 Å². The van der Waals surface area contributed by atoms with Gasteiger partial charge in [0, 0.05) is 5.02 Å². The van der Waals surface area contributed by atoms with Gasteiger partial charge in [-0.25, -0.2) is 0 Å². The molecule has 0 fully saturated rings. The molecule has 2 rings (SSSR count). The van der Waals surface area contributed by atoms with Crippen molar-refractivity contribution in [2.45, 2.75) is 68.2 Å². The number of hydrogen-bond donors (Lipinski definition) is 0. The van der Waals surface area contributed by atoms with Gasteiger partial charge in [-0.15, -0.1) is 0 Å². The Morgan fingerprint density at radius 3 is 1.52 bits per heavy atom. The Labute approximate surface area is 148 Å². The minimum atomic E-state index is 0.826. The summed E-state index contributed by atoms with van der Waals surface area (Å²) in [5.41, 5.74) is 8.19.